The highest BCUT2D eigenvalue weighted by molar-refractivity contribution is 6.44. The van der Waals surface area contributed by atoms with Crippen molar-refractivity contribution in [1.82, 2.24) is 9.13 Å². The van der Waals surface area contributed by atoms with E-state index in [0.717, 1.165) is 6.32 Å². The van der Waals surface area contributed by atoms with Gasteiger partial charge < -0.3 is 9.13 Å². The molecular weight excluding hydrogens is 483 g/mol. The molecule has 2 nitrogen and oxygen atoms in total. The van der Waals surface area contributed by atoms with Gasteiger partial charge in [0, 0.05) is 33.2 Å². The maximum absolute atomic E-state index is 2.42. The Labute approximate surface area is 235 Å². The van der Waals surface area contributed by atoms with E-state index in [1.807, 2.05) is 0 Å². The van der Waals surface area contributed by atoms with E-state index in [9.17, 15) is 0 Å². The van der Waals surface area contributed by atoms with Gasteiger partial charge >= 0.3 is 0 Å². The minimum absolute atomic E-state index is 0.980. The average molecular weight is 511 g/mol. The van der Waals surface area contributed by atoms with Crippen LogP contribution in [-0.2, 0) is 6.32 Å². The zero-order chi connectivity index (χ0) is 26.8. The number of hydrogen-bond acceptors (Lipinski definition) is 0. The molecule has 0 fully saturated rings. The SMILES string of the molecule is Cc1cc(-n2c3c(c4ccccc42)C[B]C=C3)ccc1-c1ccc(-n2c3ccccc3c3ccccc32)cc1C. The molecule has 0 saturated carbocycles. The Kier molecular flexibility index (Phi) is 5.15. The molecule has 0 aliphatic carbocycles. The van der Waals surface area contributed by atoms with Crippen LogP contribution in [0.2, 0.25) is 0 Å². The lowest BCUT2D eigenvalue weighted by molar-refractivity contribution is 1.09. The van der Waals surface area contributed by atoms with Crippen LogP contribution in [0.4, 0.5) is 0 Å². The van der Waals surface area contributed by atoms with Crippen LogP contribution in [0.3, 0.4) is 0 Å². The standard InChI is InChI=1S/C37H28BN2/c1-24-21-26(39-34-12-6-3-9-30(34)31-10-4-7-13-35(31)39)15-17-28(24)29-18-16-27(22-25(29)2)40-36-14-8-5-11-32(36)33-23-38-20-19-37(33)40/h3-22H,23H2,1-2H3. The summed E-state index contributed by atoms with van der Waals surface area (Å²) < 4.78 is 4.81. The summed E-state index contributed by atoms with van der Waals surface area (Å²) in [6.45, 7) is 4.47. The van der Waals surface area contributed by atoms with Gasteiger partial charge in [0.15, 0.2) is 0 Å². The fraction of sp³-hybridized carbons (Fsp3) is 0.0811. The number of para-hydroxylation sites is 3. The molecule has 1 radical (unpaired) electrons. The molecule has 1 aliphatic heterocycles. The highest BCUT2D eigenvalue weighted by atomic mass is 15.0. The van der Waals surface area contributed by atoms with Crippen LogP contribution in [-0.4, -0.2) is 16.4 Å². The summed E-state index contributed by atoms with van der Waals surface area (Å²) in [4.78, 5) is 0. The second-order valence-corrected chi connectivity index (χ2v) is 10.9. The van der Waals surface area contributed by atoms with Gasteiger partial charge in [0.05, 0.1) is 16.6 Å². The van der Waals surface area contributed by atoms with E-state index in [2.05, 4.69) is 152 Å². The molecule has 7 aromatic rings. The van der Waals surface area contributed by atoms with Gasteiger partial charge in [-0.05, 0) is 90.4 Å². The molecule has 0 spiro atoms. The maximum Gasteiger partial charge on any atom is 0.146 e. The van der Waals surface area contributed by atoms with Crippen molar-refractivity contribution in [1.29, 1.82) is 0 Å². The van der Waals surface area contributed by atoms with Gasteiger partial charge in [-0.3, -0.25) is 0 Å². The van der Waals surface area contributed by atoms with Crippen LogP contribution < -0.4 is 0 Å². The van der Waals surface area contributed by atoms with Crippen molar-refractivity contribution in [3.63, 3.8) is 0 Å². The quantitative estimate of drug-likeness (QED) is 0.209. The second-order valence-electron chi connectivity index (χ2n) is 10.9. The first-order chi connectivity index (χ1) is 19.7. The predicted octanol–water partition coefficient (Wildman–Crippen LogP) is 9.20. The van der Waals surface area contributed by atoms with Crippen molar-refractivity contribution in [3.05, 3.63) is 138 Å². The third-order valence-electron chi connectivity index (χ3n) is 8.54. The van der Waals surface area contributed by atoms with E-state index in [4.69, 9.17) is 0 Å². The molecule has 189 valence electrons. The lowest BCUT2D eigenvalue weighted by Gasteiger charge is -2.16. The zero-order valence-electron chi connectivity index (χ0n) is 22.7. The molecule has 2 aromatic heterocycles. The summed E-state index contributed by atoms with van der Waals surface area (Å²) >= 11 is 0. The fourth-order valence-electron chi connectivity index (χ4n) is 6.72. The van der Waals surface area contributed by atoms with Crippen LogP contribution >= 0.6 is 0 Å². The van der Waals surface area contributed by atoms with Crippen LogP contribution in [0.5, 0.6) is 0 Å². The van der Waals surface area contributed by atoms with E-state index in [1.165, 1.54) is 77.6 Å². The van der Waals surface area contributed by atoms with Crippen molar-refractivity contribution in [3.8, 4) is 22.5 Å². The smallest absolute Gasteiger partial charge is 0.146 e. The second kappa shape index (κ2) is 8.89. The first kappa shape index (κ1) is 23.2. The Balaban J connectivity index is 1.24. The number of hydrogen-bond donors (Lipinski definition) is 0. The summed E-state index contributed by atoms with van der Waals surface area (Å²) in [5.41, 5.74) is 14.0. The van der Waals surface area contributed by atoms with Crippen LogP contribution in [0.1, 0.15) is 22.4 Å². The third-order valence-corrected chi connectivity index (χ3v) is 8.54. The summed E-state index contributed by atoms with van der Waals surface area (Å²) in [5, 5.41) is 3.92. The molecular formula is C37H28BN2. The summed E-state index contributed by atoms with van der Waals surface area (Å²) in [6, 6.07) is 40.0. The van der Waals surface area contributed by atoms with Crippen molar-refractivity contribution < 1.29 is 0 Å². The Bertz CT molecular complexity index is 2090. The average Bonchev–Trinajstić information content (AvgIpc) is 3.51. The van der Waals surface area contributed by atoms with Crippen LogP contribution in [0, 0.1) is 13.8 Å². The predicted molar refractivity (Wildman–Crippen MR) is 171 cm³/mol. The topological polar surface area (TPSA) is 9.86 Å². The third kappa shape index (κ3) is 3.37. The number of aromatic nitrogens is 2. The number of aryl methyl sites for hydroxylation is 2. The van der Waals surface area contributed by atoms with Gasteiger partial charge in [-0.2, -0.15) is 0 Å². The van der Waals surface area contributed by atoms with Gasteiger partial charge in [-0.15, -0.1) is 5.98 Å². The first-order valence-electron chi connectivity index (χ1n) is 14.0. The Morgan fingerprint density at radius 1 is 0.550 bits per heavy atom. The van der Waals surface area contributed by atoms with Crippen molar-refractivity contribution in [2.24, 2.45) is 0 Å². The molecule has 3 heterocycles. The Hall–Kier alpha value is -4.76. The minimum Gasteiger partial charge on any atom is -0.310 e. The number of fused-ring (bicyclic) bond motifs is 6. The van der Waals surface area contributed by atoms with E-state index < -0.39 is 0 Å². The highest BCUT2D eigenvalue weighted by Crippen LogP contribution is 2.37. The van der Waals surface area contributed by atoms with E-state index in [1.54, 1.807) is 0 Å². The summed E-state index contributed by atoms with van der Waals surface area (Å²) in [5.74, 6) is 2.18. The zero-order valence-corrected chi connectivity index (χ0v) is 22.7. The molecule has 0 amide bonds. The Morgan fingerprint density at radius 3 is 1.62 bits per heavy atom. The normalized spacial score (nSPS) is 12.8. The molecule has 0 N–H and O–H groups in total. The first-order valence-corrected chi connectivity index (χ1v) is 14.0. The van der Waals surface area contributed by atoms with E-state index in [-0.39, 0.29) is 0 Å². The monoisotopic (exact) mass is 511 g/mol. The summed E-state index contributed by atoms with van der Waals surface area (Å²) in [6.07, 6.45) is 3.23. The lowest BCUT2D eigenvalue weighted by Crippen LogP contribution is -2.04. The van der Waals surface area contributed by atoms with Crippen molar-refractivity contribution >= 4 is 46.1 Å². The van der Waals surface area contributed by atoms with Gasteiger partial charge in [0.1, 0.15) is 7.28 Å². The molecule has 8 rings (SSSR count). The minimum atomic E-state index is 0.980. The van der Waals surface area contributed by atoms with Crippen LogP contribution in [0.15, 0.2) is 115 Å². The summed E-state index contributed by atoms with van der Waals surface area (Å²) in [7, 11) is 2.25. The van der Waals surface area contributed by atoms with E-state index >= 15 is 0 Å². The van der Waals surface area contributed by atoms with E-state index in [0.29, 0.717) is 0 Å². The van der Waals surface area contributed by atoms with Gasteiger partial charge in [-0.25, -0.2) is 0 Å². The fourth-order valence-corrected chi connectivity index (χ4v) is 6.72. The number of benzene rings is 5. The molecule has 40 heavy (non-hydrogen) atoms. The highest BCUT2D eigenvalue weighted by Gasteiger charge is 2.19. The molecule has 0 unspecified atom stereocenters. The largest absolute Gasteiger partial charge is 0.310 e. The van der Waals surface area contributed by atoms with Crippen molar-refractivity contribution in [2.45, 2.75) is 20.2 Å². The molecule has 3 heteroatoms. The molecule has 5 aromatic carbocycles. The Morgan fingerprint density at radius 2 is 1.05 bits per heavy atom. The molecule has 0 saturated heterocycles. The lowest BCUT2D eigenvalue weighted by atomic mass is 9.68. The van der Waals surface area contributed by atoms with Gasteiger partial charge in [-0.1, -0.05) is 72.8 Å². The number of rotatable bonds is 3. The van der Waals surface area contributed by atoms with Crippen LogP contribution in [0.25, 0.3) is 61.3 Å². The maximum atomic E-state index is 2.42. The van der Waals surface area contributed by atoms with Gasteiger partial charge in [0.2, 0.25) is 0 Å². The molecule has 0 bridgehead atoms. The molecule has 0 atom stereocenters. The number of nitrogens with zero attached hydrogens (tertiary/aromatic N) is 2. The van der Waals surface area contributed by atoms with Gasteiger partial charge in [0.25, 0.3) is 0 Å². The molecule has 1 aliphatic rings. The van der Waals surface area contributed by atoms with Crippen molar-refractivity contribution in [2.75, 3.05) is 0 Å².